The third-order valence-corrected chi connectivity index (χ3v) is 4.08. The lowest BCUT2D eigenvalue weighted by Gasteiger charge is -2.19. The average Bonchev–Trinajstić information content (AvgIpc) is 2.62. The summed E-state index contributed by atoms with van der Waals surface area (Å²) < 4.78 is 6.00. The van der Waals surface area contributed by atoms with Gasteiger partial charge in [-0.05, 0) is 69.3 Å². The van der Waals surface area contributed by atoms with E-state index in [0.29, 0.717) is 16.9 Å². The molecule has 0 aromatic heterocycles. The van der Waals surface area contributed by atoms with Gasteiger partial charge in [0.1, 0.15) is 5.60 Å². The van der Waals surface area contributed by atoms with Gasteiger partial charge in [0.2, 0.25) is 5.91 Å². The summed E-state index contributed by atoms with van der Waals surface area (Å²) in [4.78, 5) is 35.7. The molecule has 154 valence electrons. The highest BCUT2D eigenvalue weighted by atomic mass is 79.9. The number of benzene rings is 2. The molecular formula is C21H24BrN3O4. The van der Waals surface area contributed by atoms with Gasteiger partial charge in [0, 0.05) is 34.4 Å². The van der Waals surface area contributed by atoms with Crippen molar-refractivity contribution in [1.82, 2.24) is 5.32 Å². The molecule has 0 heterocycles. The molecular weight excluding hydrogens is 438 g/mol. The number of nitrogens with one attached hydrogen (secondary N) is 3. The third kappa shape index (κ3) is 8.35. The molecule has 2 aromatic carbocycles. The zero-order valence-electron chi connectivity index (χ0n) is 16.5. The van der Waals surface area contributed by atoms with Gasteiger partial charge in [-0.1, -0.05) is 15.9 Å². The molecule has 7 nitrogen and oxygen atoms in total. The smallest absolute Gasteiger partial charge is 0.407 e. The number of hydrogen-bond acceptors (Lipinski definition) is 4. The Balaban J connectivity index is 1.78. The first-order chi connectivity index (χ1) is 13.6. The van der Waals surface area contributed by atoms with E-state index in [1.807, 2.05) is 0 Å². The Morgan fingerprint density at radius 3 is 2.00 bits per heavy atom. The van der Waals surface area contributed by atoms with Crippen LogP contribution in [0, 0.1) is 0 Å². The third-order valence-electron chi connectivity index (χ3n) is 3.55. The molecule has 2 rings (SSSR count). The highest BCUT2D eigenvalue weighted by Gasteiger charge is 2.16. The molecule has 0 saturated carbocycles. The summed E-state index contributed by atoms with van der Waals surface area (Å²) in [6.07, 6.45) is -0.447. The van der Waals surface area contributed by atoms with Crippen molar-refractivity contribution in [2.24, 2.45) is 0 Å². The molecule has 0 unspecified atom stereocenters. The van der Waals surface area contributed by atoms with Crippen LogP contribution in [0.2, 0.25) is 0 Å². The molecule has 3 amide bonds. The van der Waals surface area contributed by atoms with E-state index >= 15 is 0 Å². The van der Waals surface area contributed by atoms with Gasteiger partial charge in [0.05, 0.1) is 0 Å². The van der Waals surface area contributed by atoms with Gasteiger partial charge in [-0.2, -0.15) is 0 Å². The molecule has 3 N–H and O–H groups in total. The van der Waals surface area contributed by atoms with Gasteiger partial charge in [-0.3, -0.25) is 9.59 Å². The van der Waals surface area contributed by atoms with E-state index in [-0.39, 0.29) is 24.8 Å². The second-order valence-corrected chi connectivity index (χ2v) is 8.18. The maximum atomic E-state index is 12.2. The fraction of sp³-hybridized carbons (Fsp3) is 0.286. The van der Waals surface area contributed by atoms with Crippen LogP contribution in [0.1, 0.15) is 37.6 Å². The molecule has 0 spiro atoms. The van der Waals surface area contributed by atoms with Crippen molar-refractivity contribution in [3.05, 3.63) is 58.6 Å². The number of halogens is 1. The second-order valence-electron chi connectivity index (χ2n) is 7.27. The fourth-order valence-corrected chi connectivity index (χ4v) is 2.52. The molecule has 0 aliphatic rings. The van der Waals surface area contributed by atoms with Crippen molar-refractivity contribution in [3.8, 4) is 0 Å². The van der Waals surface area contributed by atoms with Crippen LogP contribution in [0.3, 0.4) is 0 Å². The van der Waals surface area contributed by atoms with Crippen LogP contribution in [0.5, 0.6) is 0 Å². The van der Waals surface area contributed by atoms with Crippen molar-refractivity contribution in [3.63, 3.8) is 0 Å². The zero-order chi connectivity index (χ0) is 21.4. The zero-order valence-corrected chi connectivity index (χ0v) is 18.1. The summed E-state index contributed by atoms with van der Waals surface area (Å²) >= 11 is 3.33. The highest BCUT2D eigenvalue weighted by Crippen LogP contribution is 2.16. The number of rotatable bonds is 6. The Labute approximate surface area is 178 Å². The lowest BCUT2D eigenvalue weighted by atomic mass is 10.2. The van der Waals surface area contributed by atoms with Gasteiger partial charge in [-0.25, -0.2) is 4.79 Å². The maximum Gasteiger partial charge on any atom is 0.407 e. The van der Waals surface area contributed by atoms with Gasteiger partial charge in [0.15, 0.2) is 0 Å². The summed E-state index contributed by atoms with van der Waals surface area (Å²) in [7, 11) is 0. The average molecular weight is 462 g/mol. The Hall–Kier alpha value is -2.87. The summed E-state index contributed by atoms with van der Waals surface area (Å²) in [5.41, 5.74) is 1.17. The predicted octanol–water partition coefficient (Wildman–Crippen LogP) is 4.55. The largest absolute Gasteiger partial charge is 0.444 e. The van der Waals surface area contributed by atoms with Crippen molar-refractivity contribution in [1.29, 1.82) is 0 Å². The van der Waals surface area contributed by atoms with E-state index in [2.05, 4.69) is 31.9 Å². The Morgan fingerprint density at radius 1 is 0.897 bits per heavy atom. The van der Waals surface area contributed by atoms with Crippen LogP contribution in [-0.4, -0.2) is 30.1 Å². The minimum atomic E-state index is -0.582. The van der Waals surface area contributed by atoms with Crippen molar-refractivity contribution in [2.45, 2.75) is 32.8 Å². The maximum absolute atomic E-state index is 12.2. The summed E-state index contributed by atoms with van der Waals surface area (Å²) in [6.45, 7) is 5.47. The molecule has 8 heteroatoms. The Morgan fingerprint density at radius 2 is 1.45 bits per heavy atom. The first-order valence-electron chi connectivity index (χ1n) is 9.06. The summed E-state index contributed by atoms with van der Waals surface area (Å²) in [5.74, 6) is -0.463. The number of ether oxygens (including phenoxy) is 1. The predicted molar refractivity (Wildman–Crippen MR) is 116 cm³/mol. The van der Waals surface area contributed by atoms with Crippen LogP contribution in [0.15, 0.2) is 53.0 Å². The number of alkyl carbamates (subject to hydrolysis) is 1. The SMILES string of the molecule is CC(C)(C)OC(=O)NCCC(=O)Nc1ccc(NC(=O)c2ccc(Br)cc2)cc1. The molecule has 0 radical (unpaired) electrons. The molecule has 0 atom stereocenters. The minimum Gasteiger partial charge on any atom is -0.444 e. The molecule has 0 fully saturated rings. The van der Waals surface area contributed by atoms with Gasteiger partial charge in [0.25, 0.3) is 5.91 Å². The number of anilines is 2. The van der Waals surface area contributed by atoms with E-state index in [1.165, 1.54) is 0 Å². The molecule has 29 heavy (non-hydrogen) atoms. The number of hydrogen-bond donors (Lipinski definition) is 3. The molecule has 0 aliphatic heterocycles. The van der Waals surface area contributed by atoms with Crippen LogP contribution >= 0.6 is 15.9 Å². The topological polar surface area (TPSA) is 96.5 Å². The quantitative estimate of drug-likeness (QED) is 0.587. The molecule has 0 bridgehead atoms. The normalized spacial score (nSPS) is 10.8. The van der Waals surface area contributed by atoms with Gasteiger partial charge in [-0.15, -0.1) is 0 Å². The van der Waals surface area contributed by atoms with Crippen molar-refractivity contribution >= 4 is 45.2 Å². The summed E-state index contributed by atoms with van der Waals surface area (Å²) in [5, 5.41) is 8.06. The molecule has 0 saturated heterocycles. The number of amides is 3. The van der Waals surface area contributed by atoms with E-state index in [0.717, 1.165) is 4.47 Å². The number of carbonyl (C=O) groups excluding carboxylic acids is 3. The number of carbonyl (C=O) groups is 3. The van der Waals surface area contributed by atoms with Gasteiger partial charge >= 0.3 is 6.09 Å². The summed E-state index contributed by atoms with van der Waals surface area (Å²) in [6, 6.07) is 13.8. The van der Waals surface area contributed by atoms with E-state index in [4.69, 9.17) is 4.74 Å². The lowest BCUT2D eigenvalue weighted by molar-refractivity contribution is -0.116. The first kappa shape index (κ1) is 22.4. The molecule has 2 aromatic rings. The Kier molecular flexibility index (Phi) is 7.78. The fourth-order valence-electron chi connectivity index (χ4n) is 2.26. The van der Waals surface area contributed by atoms with Gasteiger partial charge < -0.3 is 20.7 Å². The van der Waals surface area contributed by atoms with Crippen LogP contribution in [0.25, 0.3) is 0 Å². The molecule has 0 aliphatic carbocycles. The van der Waals surface area contributed by atoms with Crippen LogP contribution in [0.4, 0.5) is 16.2 Å². The Bertz CT molecular complexity index is 859. The van der Waals surface area contributed by atoms with Crippen molar-refractivity contribution in [2.75, 3.05) is 17.2 Å². The van der Waals surface area contributed by atoms with E-state index in [9.17, 15) is 14.4 Å². The van der Waals surface area contributed by atoms with Crippen molar-refractivity contribution < 1.29 is 19.1 Å². The van der Waals surface area contributed by atoms with E-state index in [1.54, 1.807) is 69.3 Å². The second kappa shape index (κ2) is 10.1. The van der Waals surface area contributed by atoms with E-state index < -0.39 is 11.7 Å². The monoisotopic (exact) mass is 461 g/mol. The van der Waals surface area contributed by atoms with Crippen LogP contribution < -0.4 is 16.0 Å². The van der Waals surface area contributed by atoms with Crippen LogP contribution in [-0.2, 0) is 9.53 Å². The standard InChI is InChI=1S/C21H24BrN3O4/c1-21(2,3)29-20(28)23-13-12-18(26)24-16-8-10-17(11-9-16)25-19(27)14-4-6-15(22)7-5-14/h4-11H,12-13H2,1-3H3,(H,23,28)(H,24,26)(H,25,27). The first-order valence-corrected chi connectivity index (χ1v) is 9.85. The lowest BCUT2D eigenvalue weighted by Crippen LogP contribution is -2.34. The highest BCUT2D eigenvalue weighted by molar-refractivity contribution is 9.10. The minimum absolute atomic E-state index is 0.112.